The van der Waals surface area contributed by atoms with E-state index < -0.39 is 5.54 Å². The Morgan fingerprint density at radius 1 is 1.39 bits per heavy atom. The van der Waals surface area contributed by atoms with Gasteiger partial charge in [-0.05, 0) is 41.0 Å². The minimum Gasteiger partial charge on any atom is -0.338 e. The van der Waals surface area contributed by atoms with Crippen LogP contribution in [0.1, 0.15) is 48.0 Å². The number of carbonyl (C=O) groups is 1. The number of rotatable bonds is 5. The van der Waals surface area contributed by atoms with Gasteiger partial charge in [-0.15, -0.1) is 0 Å². The predicted octanol–water partition coefficient (Wildman–Crippen LogP) is 1.36. The Morgan fingerprint density at radius 2 is 2.00 bits per heavy atom. The highest BCUT2D eigenvalue weighted by Gasteiger charge is 2.42. The fraction of sp³-hybridized carbons (Fsp3) is 0.929. The number of nitrogens with zero attached hydrogens (tertiary/aromatic N) is 1. The summed E-state index contributed by atoms with van der Waals surface area (Å²) in [6, 6.07) is 0.518. The van der Waals surface area contributed by atoms with Crippen molar-refractivity contribution in [1.29, 1.82) is 0 Å². The maximum atomic E-state index is 12.3. The molecule has 0 bridgehead atoms. The fourth-order valence-corrected chi connectivity index (χ4v) is 2.65. The maximum Gasteiger partial charge on any atom is 0.242 e. The Morgan fingerprint density at radius 3 is 2.56 bits per heavy atom. The van der Waals surface area contributed by atoms with E-state index in [2.05, 4.69) is 38.3 Å². The quantitative estimate of drug-likeness (QED) is 0.780. The fourth-order valence-electron chi connectivity index (χ4n) is 2.65. The van der Waals surface area contributed by atoms with Gasteiger partial charge >= 0.3 is 0 Å². The normalized spacial score (nSPS) is 24.1. The molecule has 18 heavy (non-hydrogen) atoms. The molecule has 1 aliphatic rings. The third-order valence-electron chi connectivity index (χ3n) is 3.55. The van der Waals surface area contributed by atoms with Crippen LogP contribution in [0.15, 0.2) is 0 Å². The molecule has 0 aromatic rings. The van der Waals surface area contributed by atoms with Crippen LogP contribution in [0.3, 0.4) is 0 Å². The van der Waals surface area contributed by atoms with Gasteiger partial charge in [0.05, 0.1) is 5.54 Å². The highest BCUT2D eigenvalue weighted by molar-refractivity contribution is 5.86. The van der Waals surface area contributed by atoms with Gasteiger partial charge in [-0.2, -0.15) is 0 Å². The molecule has 1 fully saturated rings. The molecule has 0 aliphatic carbocycles. The molecule has 1 heterocycles. The largest absolute Gasteiger partial charge is 0.338 e. The van der Waals surface area contributed by atoms with Crippen LogP contribution in [-0.2, 0) is 4.79 Å². The molecule has 1 rings (SSSR count). The molecular formula is C14H29N3O. The van der Waals surface area contributed by atoms with Crippen LogP contribution in [0, 0.1) is 0 Å². The van der Waals surface area contributed by atoms with Gasteiger partial charge in [0, 0.05) is 31.2 Å². The molecule has 0 spiro atoms. The van der Waals surface area contributed by atoms with E-state index in [9.17, 15) is 4.79 Å². The lowest BCUT2D eigenvalue weighted by Crippen LogP contribution is -2.70. The minimum absolute atomic E-state index is 0.0201. The summed E-state index contributed by atoms with van der Waals surface area (Å²) in [6.45, 7) is 15.0. The molecule has 1 atom stereocenters. The lowest BCUT2D eigenvalue weighted by atomic mass is 9.90. The van der Waals surface area contributed by atoms with Crippen LogP contribution in [0.5, 0.6) is 0 Å². The zero-order valence-corrected chi connectivity index (χ0v) is 12.8. The van der Waals surface area contributed by atoms with Crippen molar-refractivity contribution in [1.82, 2.24) is 15.5 Å². The lowest BCUT2D eigenvalue weighted by molar-refractivity contribution is -0.143. The average Bonchev–Trinajstić information content (AvgIpc) is 2.23. The Balaban J connectivity index is 2.56. The predicted molar refractivity (Wildman–Crippen MR) is 75.6 cm³/mol. The summed E-state index contributed by atoms with van der Waals surface area (Å²) in [5, 5.41) is 6.85. The second-order valence-corrected chi connectivity index (χ2v) is 6.62. The van der Waals surface area contributed by atoms with Crippen molar-refractivity contribution in [2.45, 2.75) is 65.1 Å². The van der Waals surface area contributed by atoms with Gasteiger partial charge in [0.2, 0.25) is 5.91 Å². The summed E-state index contributed by atoms with van der Waals surface area (Å²) < 4.78 is 0. The van der Waals surface area contributed by atoms with Crippen molar-refractivity contribution >= 4 is 5.91 Å². The van der Waals surface area contributed by atoms with E-state index in [0.29, 0.717) is 6.04 Å². The lowest BCUT2D eigenvalue weighted by Gasteiger charge is -2.47. The van der Waals surface area contributed by atoms with Crippen LogP contribution in [-0.4, -0.2) is 47.6 Å². The van der Waals surface area contributed by atoms with Crippen molar-refractivity contribution in [3.8, 4) is 0 Å². The van der Waals surface area contributed by atoms with Crippen LogP contribution in [0.4, 0.5) is 0 Å². The molecule has 4 heteroatoms. The van der Waals surface area contributed by atoms with Crippen molar-refractivity contribution in [3.05, 3.63) is 0 Å². The molecule has 0 aromatic carbocycles. The molecule has 106 valence electrons. The highest BCUT2D eigenvalue weighted by Crippen LogP contribution is 2.21. The van der Waals surface area contributed by atoms with E-state index in [1.54, 1.807) is 0 Å². The summed E-state index contributed by atoms with van der Waals surface area (Å²) in [7, 11) is 0. The van der Waals surface area contributed by atoms with Gasteiger partial charge in [0.25, 0.3) is 0 Å². The molecule has 1 unspecified atom stereocenters. The third-order valence-corrected chi connectivity index (χ3v) is 3.55. The standard InChI is InChI=1S/C14H29N3O/c1-7-11(2)15-8-9-17-10-13(3,4)16-14(5,6)12(17)18/h11,15-16H,7-10H2,1-6H3. The van der Waals surface area contributed by atoms with Gasteiger partial charge in [0.15, 0.2) is 0 Å². The van der Waals surface area contributed by atoms with Crippen LogP contribution in [0.25, 0.3) is 0 Å². The van der Waals surface area contributed by atoms with Crippen molar-refractivity contribution < 1.29 is 4.79 Å². The molecule has 0 radical (unpaired) electrons. The number of hydrogen-bond acceptors (Lipinski definition) is 3. The first kappa shape index (κ1) is 15.4. The summed E-state index contributed by atoms with van der Waals surface area (Å²) in [4.78, 5) is 14.3. The van der Waals surface area contributed by atoms with Gasteiger partial charge in [-0.3, -0.25) is 10.1 Å². The van der Waals surface area contributed by atoms with Crippen molar-refractivity contribution in [3.63, 3.8) is 0 Å². The maximum absolute atomic E-state index is 12.3. The first-order valence-corrected chi connectivity index (χ1v) is 7.00. The van der Waals surface area contributed by atoms with E-state index in [1.807, 2.05) is 18.7 Å². The SMILES string of the molecule is CCC(C)NCCN1CC(C)(C)NC(C)(C)C1=O. The van der Waals surface area contributed by atoms with Crippen LogP contribution < -0.4 is 10.6 Å². The first-order chi connectivity index (χ1) is 8.18. The van der Waals surface area contributed by atoms with Crippen molar-refractivity contribution in [2.75, 3.05) is 19.6 Å². The van der Waals surface area contributed by atoms with Crippen LogP contribution >= 0.6 is 0 Å². The van der Waals surface area contributed by atoms with E-state index in [4.69, 9.17) is 0 Å². The number of nitrogens with one attached hydrogen (secondary N) is 2. The summed E-state index contributed by atoms with van der Waals surface area (Å²) >= 11 is 0. The first-order valence-electron chi connectivity index (χ1n) is 7.00. The Hall–Kier alpha value is -0.610. The molecule has 2 N–H and O–H groups in total. The number of carbonyl (C=O) groups excluding carboxylic acids is 1. The molecule has 1 amide bonds. The summed E-state index contributed by atoms with van der Waals surface area (Å²) in [5.41, 5.74) is -0.480. The third kappa shape index (κ3) is 3.95. The Kier molecular flexibility index (Phi) is 4.78. The average molecular weight is 255 g/mol. The number of amides is 1. The summed E-state index contributed by atoms with van der Waals surface area (Å²) in [5.74, 6) is 0.202. The van der Waals surface area contributed by atoms with Gasteiger partial charge < -0.3 is 10.2 Å². The van der Waals surface area contributed by atoms with Gasteiger partial charge in [-0.25, -0.2) is 0 Å². The van der Waals surface area contributed by atoms with E-state index in [-0.39, 0.29) is 11.4 Å². The minimum atomic E-state index is -0.460. The van der Waals surface area contributed by atoms with Gasteiger partial charge in [-0.1, -0.05) is 6.92 Å². The van der Waals surface area contributed by atoms with E-state index in [1.165, 1.54) is 0 Å². The van der Waals surface area contributed by atoms with E-state index >= 15 is 0 Å². The molecule has 0 saturated carbocycles. The Bertz CT molecular complexity index is 299. The second-order valence-electron chi connectivity index (χ2n) is 6.62. The molecule has 1 saturated heterocycles. The summed E-state index contributed by atoms with van der Waals surface area (Å²) in [6.07, 6.45) is 1.12. The van der Waals surface area contributed by atoms with E-state index in [0.717, 1.165) is 26.1 Å². The molecule has 1 aliphatic heterocycles. The zero-order valence-electron chi connectivity index (χ0n) is 12.8. The van der Waals surface area contributed by atoms with Gasteiger partial charge in [0.1, 0.15) is 0 Å². The van der Waals surface area contributed by atoms with Crippen LogP contribution in [0.2, 0.25) is 0 Å². The highest BCUT2D eigenvalue weighted by atomic mass is 16.2. The number of piperazine rings is 1. The monoisotopic (exact) mass is 255 g/mol. The second kappa shape index (κ2) is 5.57. The molecule has 4 nitrogen and oxygen atoms in total. The Labute approximate surface area is 111 Å². The van der Waals surface area contributed by atoms with Crippen molar-refractivity contribution in [2.24, 2.45) is 0 Å². The topological polar surface area (TPSA) is 44.4 Å². The zero-order chi connectivity index (χ0) is 14.0. The molecular weight excluding hydrogens is 226 g/mol. The number of hydrogen-bond donors (Lipinski definition) is 2. The molecule has 0 aromatic heterocycles. The smallest absolute Gasteiger partial charge is 0.242 e.